The average molecular weight is 249 g/mol. The first-order chi connectivity index (χ1) is 7.18. The Bertz CT molecular complexity index is 209. The fourth-order valence-electron chi connectivity index (χ4n) is 2.61. The highest BCUT2D eigenvalue weighted by atomic mass is 35.5. The number of nitrogens with zero attached hydrogens (tertiary/aromatic N) is 1. The maximum absolute atomic E-state index is 5.81. The highest BCUT2D eigenvalue weighted by molar-refractivity contribution is 5.85. The van der Waals surface area contributed by atoms with E-state index in [4.69, 9.17) is 4.74 Å². The Kier molecular flexibility index (Phi) is 5.51. The zero-order valence-electron chi connectivity index (χ0n) is 10.5. The van der Waals surface area contributed by atoms with Gasteiger partial charge >= 0.3 is 0 Å². The molecule has 16 heavy (non-hydrogen) atoms. The summed E-state index contributed by atoms with van der Waals surface area (Å²) in [6, 6.07) is 0.511. The molecule has 2 aliphatic rings. The van der Waals surface area contributed by atoms with Crippen molar-refractivity contribution in [3.05, 3.63) is 0 Å². The first-order valence-corrected chi connectivity index (χ1v) is 6.32. The van der Waals surface area contributed by atoms with Crippen LogP contribution in [0, 0.1) is 0 Å². The summed E-state index contributed by atoms with van der Waals surface area (Å²) in [4.78, 5) is 2.57. The number of ether oxygens (including phenoxy) is 1. The Morgan fingerprint density at radius 2 is 2.00 bits per heavy atom. The SMILES string of the molecule is CC1COC(C)(CCN2CCCCC2)N1.Cl. The lowest BCUT2D eigenvalue weighted by molar-refractivity contribution is -0.00896. The smallest absolute Gasteiger partial charge is 0.117 e. The van der Waals surface area contributed by atoms with Crippen molar-refractivity contribution in [3.63, 3.8) is 0 Å². The summed E-state index contributed by atoms with van der Waals surface area (Å²) in [5.41, 5.74) is -0.0726. The zero-order chi connectivity index (χ0) is 10.7. The van der Waals surface area contributed by atoms with E-state index in [-0.39, 0.29) is 18.1 Å². The average Bonchev–Trinajstić information content (AvgIpc) is 2.58. The predicted molar refractivity (Wildman–Crippen MR) is 69.1 cm³/mol. The lowest BCUT2D eigenvalue weighted by Crippen LogP contribution is -2.44. The molecule has 0 aromatic rings. The molecule has 0 aliphatic carbocycles. The number of hydrogen-bond donors (Lipinski definition) is 1. The van der Waals surface area contributed by atoms with Crippen molar-refractivity contribution in [1.29, 1.82) is 0 Å². The van der Waals surface area contributed by atoms with Crippen molar-refractivity contribution in [2.24, 2.45) is 0 Å². The number of halogens is 1. The van der Waals surface area contributed by atoms with Gasteiger partial charge in [-0.15, -0.1) is 12.4 Å². The van der Waals surface area contributed by atoms with Crippen molar-refractivity contribution in [2.45, 2.75) is 51.3 Å². The fourth-order valence-corrected chi connectivity index (χ4v) is 2.61. The number of likely N-dealkylation sites (tertiary alicyclic amines) is 1. The van der Waals surface area contributed by atoms with Crippen LogP contribution in [-0.2, 0) is 4.74 Å². The Morgan fingerprint density at radius 3 is 2.56 bits per heavy atom. The number of hydrogen-bond acceptors (Lipinski definition) is 3. The largest absolute Gasteiger partial charge is 0.359 e. The van der Waals surface area contributed by atoms with E-state index < -0.39 is 0 Å². The molecule has 96 valence electrons. The van der Waals surface area contributed by atoms with Gasteiger partial charge in [0, 0.05) is 19.0 Å². The lowest BCUT2D eigenvalue weighted by Gasteiger charge is -2.31. The molecule has 2 atom stereocenters. The van der Waals surface area contributed by atoms with Gasteiger partial charge in [-0.3, -0.25) is 5.32 Å². The first kappa shape index (κ1) is 14.2. The topological polar surface area (TPSA) is 24.5 Å². The van der Waals surface area contributed by atoms with Crippen LogP contribution in [0.3, 0.4) is 0 Å². The van der Waals surface area contributed by atoms with Crippen LogP contribution in [0.5, 0.6) is 0 Å². The Balaban J connectivity index is 0.00000128. The second-order valence-electron chi connectivity index (χ2n) is 5.24. The highest BCUT2D eigenvalue weighted by Crippen LogP contribution is 2.20. The van der Waals surface area contributed by atoms with Gasteiger partial charge in [-0.05, 0) is 39.8 Å². The summed E-state index contributed by atoms with van der Waals surface area (Å²) >= 11 is 0. The van der Waals surface area contributed by atoms with E-state index in [2.05, 4.69) is 24.1 Å². The van der Waals surface area contributed by atoms with Crippen molar-refractivity contribution < 1.29 is 4.74 Å². The molecule has 2 fully saturated rings. The van der Waals surface area contributed by atoms with E-state index in [0.717, 1.165) is 13.0 Å². The van der Waals surface area contributed by atoms with E-state index in [1.54, 1.807) is 0 Å². The summed E-state index contributed by atoms with van der Waals surface area (Å²) in [5.74, 6) is 0. The van der Waals surface area contributed by atoms with Crippen LogP contribution in [0.1, 0.15) is 39.5 Å². The van der Waals surface area contributed by atoms with E-state index in [0.29, 0.717) is 6.04 Å². The molecule has 0 bridgehead atoms. The summed E-state index contributed by atoms with van der Waals surface area (Å²) < 4.78 is 5.81. The van der Waals surface area contributed by atoms with Gasteiger partial charge in [-0.1, -0.05) is 6.42 Å². The van der Waals surface area contributed by atoms with Crippen molar-refractivity contribution >= 4 is 12.4 Å². The standard InChI is InChI=1S/C12H24N2O.ClH/c1-11-10-15-12(2,13-11)6-9-14-7-4-3-5-8-14;/h11,13H,3-10H2,1-2H3;1H. The lowest BCUT2D eigenvalue weighted by atomic mass is 10.1. The molecular weight excluding hydrogens is 224 g/mol. The van der Waals surface area contributed by atoms with Gasteiger partial charge in [0.15, 0.2) is 0 Å². The third-order valence-electron chi connectivity index (χ3n) is 3.56. The zero-order valence-corrected chi connectivity index (χ0v) is 11.3. The van der Waals surface area contributed by atoms with E-state index >= 15 is 0 Å². The molecule has 1 N–H and O–H groups in total. The van der Waals surface area contributed by atoms with Gasteiger partial charge in [-0.2, -0.15) is 0 Å². The van der Waals surface area contributed by atoms with Crippen LogP contribution in [-0.4, -0.2) is 42.9 Å². The van der Waals surface area contributed by atoms with Crippen LogP contribution < -0.4 is 5.32 Å². The quantitative estimate of drug-likeness (QED) is 0.827. The van der Waals surface area contributed by atoms with Gasteiger partial charge in [0.05, 0.1) is 6.61 Å². The molecule has 0 radical (unpaired) electrons. The Labute approximate surface area is 105 Å². The maximum atomic E-state index is 5.81. The van der Waals surface area contributed by atoms with Gasteiger partial charge in [0.25, 0.3) is 0 Å². The van der Waals surface area contributed by atoms with Crippen LogP contribution in [0.2, 0.25) is 0 Å². The maximum Gasteiger partial charge on any atom is 0.117 e. The minimum Gasteiger partial charge on any atom is -0.359 e. The van der Waals surface area contributed by atoms with Gasteiger partial charge in [-0.25, -0.2) is 0 Å². The monoisotopic (exact) mass is 248 g/mol. The van der Waals surface area contributed by atoms with E-state index in [1.807, 2.05) is 0 Å². The summed E-state index contributed by atoms with van der Waals surface area (Å²) in [6.07, 6.45) is 5.28. The third-order valence-corrected chi connectivity index (χ3v) is 3.56. The molecule has 0 aromatic carbocycles. The second kappa shape index (κ2) is 6.20. The molecule has 0 aromatic heterocycles. The van der Waals surface area contributed by atoms with Crippen molar-refractivity contribution in [1.82, 2.24) is 10.2 Å². The second-order valence-corrected chi connectivity index (χ2v) is 5.24. The van der Waals surface area contributed by atoms with Crippen LogP contribution in [0.25, 0.3) is 0 Å². The minimum absolute atomic E-state index is 0. The molecule has 4 heteroatoms. The summed E-state index contributed by atoms with van der Waals surface area (Å²) in [7, 11) is 0. The molecule has 0 amide bonds. The molecule has 2 rings (SSSR count). The van der Waals surface area contributed by atoms with Gasteiger partial charge in [0.1, 0.15) is 5.72 Å². The van der Waals surface area contributed by atoms with E-state index in [1.165, 1.54) is 38.9 Å². The molecular formula is C12H25ClN2O. The number of rotatable bonds is 3. The van der Waals surface area contributed by atoms with E-state index in [9.17, 15) is 0 Å². The minimum atomic E-state index is -0.0726. The van der Waals surface area contributed by atoms with Crippen LogP contribution >= 0.6 is 12.4 Å². The fraction of sp³-hybridized carbons (Fsp3) is 1.00. The van der Waals surface area contributed by atoms with Crippen molar-refractivity contribution in [3.8, 4) is 0 Å². The molecule has 2 unspecified atom stereocenters. The molecule has 0 spiro atoms. The number of nitrogens with one attached hydrogen (secondary N) is 1. The molecule has 2 aliphatic heterocycles. The summed E-state index contributed by atoms with van der Waals surface area (Å²) in [6.45, 7) is 8.97. The predicted octanol–water partition coefficient (Wildman–Crippen LogP) is 2.01. The van der Waals surface area contributed by atoms with Crippen LogP contribution in [0.15, 0.2) is 0 Å². The van der Waals surface area contributed by atoms with Crippen LogP contribution in [0.4, 0.5) is 0 Å². The normalized spacial score (nSPS) is 36.0. The molecule has 2 saturated heterocycles. The van der Waals surface area contributed by atoms with Gasteiger partial charge in [0.2, 0.25) is 0 Å². The Morgan fingerprint density at radius 1 is 1.31 bits per heavy atom. The Hall–Kier alpha value is 0.170. The van der Waals surface area contributed by atoms with Crippen molar-refractivity contribution in [2.75, 3.05) is 26.2 Å². The van der Waals surface area contributed by atoms with Gasteiger partial charge < -0.3 is 9.64 Å². The summed E-state index contributed by atoms with van der Waals surface area (Å²) in [5, 5.41) is 3.52. The third kappa shape index (κ3) is 3.88. The molecule has 2 heterocycles. The highest BCUT2D eigenvalue weighted by Gasteiger charge is 2.33. The molecule has 0 saturated carbocycles. The first-order valence-electron chi connectivity index (χ1n) is 6.32. The molecule has 3 nitrogen and oxygen atoms in total. The number of piperidine rings is 1.